The number of furan rings is 1. The van der Waals surface area contributed by atoms with Gasteiger partial charge in [-0.05, 0) is 52.3 Å². The Morgan fingerprint density at radius 2 is 2.00 bits per heavy atom. The van der Waals surface area contributed by atoms with E-state index >= 15 is 0 Å². The molecular formula is C19H14BrClN4O2. The van der Waals surface area contributed by atoms with Gasteiger partial charge in [-0.15, -0.1) is 0 Å². The van der Waals surface area contributed by atoms with Crippen LogP contribution < -0.4 is 10.6 Å². The maximum absolute atomic E-state index is 12.4. The van der Waals surface area contributed by atoms with Gasteiger partial charge < -0.3 is 15.1 Å². The van der Waals surface area contributed by atoms with Gasteiger partial charge in [-0.3, -0.25) is 4.68 Å². The lowest BCUT2D eigenvalue weighted by Crippen LogP contribution is -2.19. The summed E-state index contributed by atoms with van der Waals surface area (Å²) in [5.41, 5.74) is 3.64. The van der Waals surface area contributed by atoms with E-state index in [1.54, 1.807) is 41.4 Å². The second-order valence-corrected chi connectivity index (χ2v) is 7.21. The molecule has 0 aliphatic heterocycles. The van der Waals surface area contributed by atoms with E-state index in [1.165, 1.54) is 0 Å². The Hall–Kier alpha value is -2.77. The van der Waals surface area contributed by atoms with Gasteiger partial charge in [0.1, 0.15) is 5.58 Å². The van der Waals surface area contributed by atoms with Gasteiger partial charge in [0.2, 0.25) is 0 Å². The van der Waals surface area contributed by atoms with E-state index in [4.69, 9.17) is 16.0 Å². The molecule has 27 heavy (non-hydrogen) atoms. The zero-order valence-electron chi connectivity index (χ0n) is 14.2. The molecule has 0 radical (unpaired) electrons. The number of anilines is 2. The Balaban J connectivity index is 1.68. The fraction of sp³-hybridized carbons (Fsp3) is 0.0526. The molecule has 2 aromatic carbocycles. The standard InChI is InChI=1S/C19H14BrClN4O2/c1-25-17(16(20)10-22-25)15-9-14(7-11-5-6-27-18(11)15)24-19(26)23-13-4-2-3-12(21)8-13/h2-10H,1H3,(H2,23,24,26). The van der Waals surface area contributed by atoms with Crippen LogP contribution in [0.2, 0.25) is 5.02 Å². The number of nitrogens with one attached hydrogen (secondary N) is 2. The van der Waals surface area contributed by atoms with E-state index in [1.807, 2.05) is 25.2 Å². The number of halogens is 2. The van der Waals surface area contributed by atoms with Crippen molar-refractivity contribution in [2.45, 2.75) is 0 Å². The van der Waals surface area contributed by atoms with Gasteiger partial charge in [-0.1, -0.05) is 17.7 Å². The molecule has 0 unspecified atom stereocenters. The van der Waals surface area contributed by atoms with E-state index in [0.717, 1.165) is 26.7 Å². The van der Waals surface area contributed by atoms with Gasteiger partial charge in [0.15, 0.2) is 0 Å². The smallest absolute Gasteiger partial charge is 0.323 e. The number of hydrogen-bond donors (Lipinski definition) is 2. The molecule has 0 saturated heterocycles. The third-order valence-corrected chi connectivity index (χ3v) is 4.86. The summed E-state index contributed by atoms with van der Waals surface area (Å²) in [7, 11) is 1.85. The quantitative estimate of drug-likeness (QED) is 0.413. The summed E-state index contributed by atoms with van der Waals surface area (Å²) in [4.78, 5) is 12.4. The monoisotopic (exact) mass is 444 g/mol. The number of aryl methyl sites for hydroxylation is 1. The number of amides is 2. The molecule has 2 heterocycles. The van der Waals surface area contributed by atoms with Crippen molar-refractivity contribution in [1.29, 1.82) is 0 Å². The largest absolute Gasteiger partial charge is 0.464 e. The van der Waals surface area contributed by atoms with Crippen molar-refractivity contribution in [3.8, 4) is 11.3 Å². The zero-order valence-corrected chi connectivity index (χ0v) is 16.5. The van der Waals surface area contributed by atoms with Crippen molar-refractivity contribution < 1.29 is 9.21 Å². The number of carbonyl (C=O) groups is 1. The highest BCUT2D eigenvalue weighted by molar-refractivity contribution is 9.10. The maximum Gasteiger partial charge on any atom is 0.323 e. The number of nitrogens with zero attached hydrogens (tertiary/aromatic N) is 2. The summed E-state index contributed by atoms with van der Waals surface area (Å²) in [6.45, 7) is 0. The van der Waals surface area contributed by atoms with E-state index in [-0.39, 0.29) is 6.03 Å². The zero-order chi connectivity index (χ0) is 19.0. The van der Waals surface area contributed by atoms with Gasteiger partial charge in [-0.25, -0.2) is 4.79 Å². The molecule has 2 N–H and O–H groups in total. The Morgan fingerprint density at radius 1 is 1.19 bits per heavy atom. The molecule has 6 nitrogen and oxygen atoms in total. The van der Waals surface area contributed by atoms with Gasteiger partial charge in [0, 0.05) is 34.4 Å². The maximum atomic E-state index is 12.4. The molecule has 8 heteroatoms. The van der Waals surface area contributed by atoms with Crippen LogP contribution in [0.5, 0.6) is 0 Å². The van der Waals surface area contributed by atoms with Crippen LogP contribution in [0.1, 0.15) is 0 Å². The number of hydrogen-bond acceptors (Lipinski definition) is 3. The SMILES string of the molecule is Cn1ncc(Br)c1-c1cc(NC(=O)Nc2cccc(Cl)c2)cc2ccoc12. The third kappa shape index (κ3) is 3.56. The van der Waals surface area contributed by atoms with E-state index in [0.29, 0.717) is 16.4 Å². The van der Waals surface area contributed by atoms with Crippen LogP contribution >= 0.6 is 27.5 Å². The molecule has 4 rings (SSSR count). The third-order valence-electron chi connectivity index (χ3n) is 4.04. The number of rotatable bonds is 3. The second-order valence-electron chi connectivity index (χ2n) is 5.92. The molecule has 0 spiro atoms. The fourth-order valence-corrected chi connectivity index (χ4v) is 3.66. The minimum absolute atomic E-state index is 0.366. The molecular weight excluding hydrogens is 432 g/mol. The van der Waals surface area contributed by atoms with Crippen molar-refractivity contribution in [3.63, 3.8) is 0 Å². The molecule has 0 aliphatic rings. The van der Waals surface area contributed by atoms with Crippen molar-refractivity contribution in [1.82, 2.24) is 9.78 Å². The lowest BCUT2D eigenvalue weighted by atomic mass is 10.1. The van der Waals surface area contributed by atoms with Crippen LogP contribution in [0, 0.1) is 0 Å². The van der Waals surface area contributed by atoms with Crippen molar-refractivity contribution in [2.24, 2.45) is 7.05 Å². The number of urea groups is 1. The van der Waals surface area contributed by atoms with Crippen LogP contribution in [-0.4, -0.2) is 15.8 Å². The first-order valence-electron chi connectivity index (χ1n) is 8.04. The van der Waals surface area contributed by atoms with Crippen LogP contribution in [-0.2, 0) is 7.05 Å². The predicted octanol–water partition coefficient (Wildman–Crippen LogP) is 5.89. The summed E-state index contributed by atoms with van der Waals surface area (Å²) in [6, 6.07) is 12.2. The Kier molecular flexibility index (Phi) is 4.63. The summed E-state index contributed by atoms with van der Waals surface area (Å²) >= 11 is 9.47. The second kappa shape index (κ2) is 7.09. The van der Waals surface area contributed by atoms with Crippen LogP contribution in [0.3, 0.4) is 0 Å². The first kappa shape index (κ1) is 17.6. The van der Waals surface area contributed by atoms with E-state index < -0.39 is 0 Å². The summed E-state index contributed by atoms with van der Waals surface area (Å²) < 4.78 is 8.23. The lowest BCUT2D eigenvalue weighted by Gasteiger charge is -2.11. The average Bonchev–Trinajstić information content (AvgIpc) is 3.21. The Morgan fingerprint density at radius 3 is 2.74 bits per heavy atom. The van der Waals surface area contributed by atoms with E-state index in [9.17, 15) is 4.79 Å². The predicted molar refractivity (Wildman–Crippen MR) is 110 cm³/mol. The topological polar surface area (TPSA) is 72.1 Å². The molecule has 0 bridgehead atoms. The molecule has 2 amide bonds. The van der Waals surface area contributed by atoms with E-state index in [2.05, 4.69) is 31.7 Å². The summed E-state index contributed by atoms with van der Waals surface area (Å²) in [5, 5.41) is 11.3. The van der Waals surface area contributed by atoms with Crippen LogP contribution in [0.25, 0.3) is 22.2 Å². The van der Waals surface area contributed by atoms with Crippen LogP contribution in [0.4, 0.5) is 16.2 Å². The Labute approximate surface area is 168 Å². The fourth-order valence-electron chi connectivity index (χ4n) is 2.90. The molecule has 0 saturated carbocycles. The number of fused-ring (bicyclic) bond motifs is 1. The number of aromatic nitrogens is 2. The Bertz CT molecular complexity index is 1130. The molecule has 0 aliphatic carbocycles. The minimum atomic E-state index is -0.366. The number of benzene rings is 2. The first-order chi connectivity index (χ1) is 13.0. The highest BCUT2D eigenvalue weighted by Gasteiger charge is 2.16. The molecule has 0 atom stereocenters. The lowest BCUT2D eigenvalue weighted by molar-refractivity contribution is 0.262. The van der Waals surface area contributed by atoms with Crippen molar-refractivity contribution in [2.75, 3.05) is 10.6 Å². The highest BCUT2D eigenvalue weighted by atomic mass is 79.9. The summed E-state index contributed by atoms with van der Waals surface area (Å²) in [5.74, 6) is 0. The molecule has 136 valence electrons. The van der Waals surface area contributed by atoms with Crippen molar-refractivity contribution >= 4 is 55.9 Å². The molecule has 0 fully saturated rings. The van der Waals surface area contributed by atoms with Gasteiger partial charge in [0.25, 0.3) is 0 Å². The normalized spacial score (nSPS) is 10.9. The highest BCUT2D eigenvalue weighted by Crippen LogP contribution is 2.36. The molecule has 2 aromatic heterocycles. The minimum Gasteiger partial charge on any atom is -0.464 e. The van der Waals surface area contributed by atoms with Gasteiger partial charge >= 0.3 is 6.03 Å². The van der Waals surface area contributed by atoms with Gasteiger partial charge in [0.05, 0.1) is 22.6 Å². The number of carbonyl (C=O) groups excluding carboxylic acids is 1. The molecule has 4 aromatic rings. The van der Waals surface area contributed by atoms with Crippen molar-refractivity contribution in [3.05, 3.63) is 64.4 Å². The summed E-state index contributed by atoms with van der Waals surface area (Å²) in [6.07, 6.45) is 3.34. The first-order valence-corrected chi connectivity index (χ1v) is 9.21. The van der Waals surface area contributed by atoms with Crippen LogP contribution in [0.15, 0.2) is 63.8 Å². The average molecular weight is 446 g/mol. The van der Waals surface area contributed by atoms with Gasteiger partial charge in [-0.2, -0.15) is 5.10 Å².